The van der Waals surface area contributed by atoms with Gasteiger partial charge in [-0.2, -0.15) is 0 Å². The minimum absolute atomic E-state index is 0.0373. The van der Waals surface area contributed by atoms with Crippen LogP contribution in [0.1, 0.15) is 29.3 Å². The van der Waals surface area contributed by atoms with E-state index in [1.54, 1.807) is 6.92 Å². The Labute approximate surface area is 99.8 Å². The number of nitrogens with one attached hydrogen (secondary N) is 1. The molecule has 88 valence electrons. The summed E-state index contributed by atoms with van der Waals surface area (Å²) in [5.41, 5.74) is 0.944. The first-order valence-corrected chi connectivity index (χ1v) is 5.62. The smallest absolute Gasteiger partial charge is 0.251 e. The maximum absolute atomic E-state index is 13.0. The van der Waals surface area contributed by atoms with Crippen molar-refractivity contribution in [1.82, 2.24) is 5.32 Å². The summed E-state index contributed by atoms with van der Waals surface area (Å²) in [6, 6.07) is 4.31. The second kappa shape index (κ2) is 5.85. The van der Waals surface area contributed by atoms with Gasteiger partial charge in [-0.05, 0) is 44.0 Å². The Hall–Kier alpha value is -1.09. The number of carbonyl (C=O) groups is 1. The molecule has 2 nitrogen and oxygen atoms in total. The first-order valence-electron chi connectivity index (χ1n) is 5.19. The Balaban J connectivity index is 2.56. The molecule has 1 N–H and O–H groups in total. The predicted octanol–water partition coefficient (Wildman–Crippen LogP) is 2.88. The third kappa shape index (κ3) is 3.81. The molecule has 4 heteroatoms. The van der Waals surface area contributed by atoms with E-state index in [2.05, 4.69) is 5.32 Å². The first kappa shape index (κ1) is 13.0. The number of hydrogen-bond acceptors (Lipinski definition) is 1. The number of rotatable bonds is 4. The molecule has 1 amide bonds. The number of benzene rings is 1. The second-order valence-corrected chi connectivity index (χ2v) is 4.53. The second-order valence-electron chi connectivity index (χ2n) is 3.79. The molecule has 0 aromatic heterocycles. The van der Waals surface area contributed by atoms with Crippen LogP contribution in [0.15, 0.2) is 18.2 Å². The van der Waals surface area contributed by atoms with Gasteiger partial charge in [0.15, 0.2) is 0 Å². The maximum Gasteiger partial charge on any atom is 0.251 e. The summed E-state index contributed by atoms with van der Waals surface area (Å²) in [5, 5.41) is 2.77. The van der Waals surface area contributed by atoms with Crippen LogP contribution in [-0.4, -0.2) is 17.8 Å². The summed E-state index contributed by atoms with van der Waals surface area (Å²) in [7, 11) is 0. The minimum atomic E-state index is -0.300. The highest BCUT2D eigenvalue weighted by Crippen LogP contribution is 2.09. The van der Waals surface area contributed by atoms with Crippen LogP contribution in [0.4, 0.5) is 4.39 Å². The molecule has 0 aliphatic heterocycles. The van der Waals surface area contributed by atoms with Gasteiger partial charge < -0.3 is 5.32 Å². The lowest BCUT2D eigenvalue weighted by atomic mass is 10.1. The van der Waals surface area contributed by atoms with Crippen LogP contribution < -0.4 is 5.32 Å². The molecule has 0 bridgehead atoms. The van der Waals surface area contributed by atoms with Crippen LogP contribution in [0.5, 0.6) is 0 Å². The Morgan fingerprint density at radius 1 is 1.56 bits per heavy atom. The topological polar surface area (TPSA) is 29.1 Å². The molecule has 0 heterocycles. The minimum Gasteiger partial charge on any atom is -0.352 e. The highest BCUT2D eigenvalue weighted by Gasteiger charge is 2.07. The van der Waals surface area contributed by atoms with E-state index in [4.69, 9.17) is 11.6 Å². The van der Waals surface area contributed by atoms with Crippen molar-refractivity contribution in [3.63, 3.8) is 0 Å². The standard InChI is InChI=1S/C12H15ClFNO/c1-8-7-10(3-4-11(8)14)12(16)15-6-5-9(2)13/h3-4,7,9H,5-6H2,1-2H3,(H,15,16). The van der Waals surface area contributed by atoms with Crippen LogP contribution >= 0.6 is 11.6 Å². The molecule has 0 saturated carbocycles. The van der Waals surface area contributed by atoms with Crippen LogP contribution in [0, 0.1) is 12.7 Å². The predicted molar refractivity (Wildman–Crippen MR) is 63.4 cm³/mol. The van der Waals surface area contributed by atoms with Crippen molar-refractivity contribution >= 4 is 17.5 Å². The summed E-state index contributed by atoms with van der Waals surface area (Å²) < 4.78 is 13.0. The zero-order valence-corrected chi connectivity index (χ0v) is 10.1. The zero-order valence-electron chi connectivity index (χ0n) is 9.39. The van der Waals surface area contributed by atoms with Crippen molar-refractivity contribution in [2.75, 3.05) is 6.54 Å². The van der Waals surface area contributed by atoms with Crippen molar-refractivity contribution in [1.29, 1.82) is 0 Å². The molecule has 1 unspecified atom stereocenters. The SMILES string of the molecule is Cc1cc(C(=O)NCCC(C)Cl)ccc1F. The van der Waals surface area contributed by atoms with E-state index in [0.29, 0.717) is 24.1 Å². The fourth-order valence-electron chi connectivity index (χ4n) is 1.27. The number of hydrogen-bond donors (Lipinski definition) is 1. The van der Waals surface area contributed by atoms with Crippen LogP contribution in [-0.2, 0) is 0 Å². The molecule has 1 rings (SSSR count). The van der Waals surface area contributed by atoms with Crippen molar-refractivity contribution in [3.8, 4) is 0 Å². The van der Waals surface area contributed by atoms with Gasteiger partial charge in [0.05, 0.1) is 0 Å². The fourth-order valence-corrected chi connectivity index (χ4v) is 1.38. The van der Waals surface area contributed by atoms with Gasteiger partial charge in [0.2, 0.25) is 0 Å². The Morgan fingerprint density at radius 2 is 2.25 bits per heavy atom. The lowest BCUT2D eigenvalue weighted by Crippen LogP contribution is -2.25. The molecule has 0 radical (unpaired) electrons. The monoisotopic (exact) mass is 243 g/mol. The van der Waals surface area contributed by atoms with Crippen molar-refractivity contribution in [3.05, 3.63) is 35.1 Å². The van der Waals surface area contributed by atoms with Crippen molar-refractivity contribution in [2.24, 2.45) is 0 Å². The highest BCUT2D eigenvalue weighted by atomic mass is 35.5. The molecule has 0 saturated heterocycles. The first-order chi connectivity index (χ1) is 7.50. The van der Waals surface area contributed by atoms with Gasteiger partial charge in [0.1, 0.15) is 5.82 Å². The van der Waals surface area contributed by atoms with Crippen LogP contribution in [0.2, 0.25) is 0 Å². The largest absolute Gasteiger partial charge is 0.352 e. The van der Waals surface area contributed by atoms with Crippen LogP contribution in [0.3, 0.4) is 0 Å². The highest BCUT2D eigenvalue weighted by molar-refractivity contribution is 6.20. The van der Waals surface area contributed by atoms with E-state index in [-0.39, 0.29) is 17.1 Å². The molecule has 1 aromatic rings. The summed E-state index contributed by atoms with van der Waals surface area (Å²) in [6.07, 6.45) is 0.716. The summed E-state index contributed by atoms with van der Waals surface area (Å²) in [5.74, 6) is -0.494. The van der Waals surface area contributed by atoms with E-state index in [9.17, 15) is 9.18 Å². The molecule has 1 atom stereocenters. The van der Waals surface area contributed by atoms with E-state index in [1.807, 2.05) is 6.92 Å². The quantitative estimate of drug-likeness (QED) is 0.810. The fraction of sp³-hybridized carbons (Fsp3) is 0.417. The van der Waals surface area contributed by atoms with E-state index in [1.165, 1.54) is 18.2 Å². The third-order valence-corrected chi connectivity index (χ3v) is 2.47. The number of alkyl halides is 1. The van der Waals surface area contributed by atoms with Crippen molar-refractivity contribution < 1.29 is 9.18 Å². The van der Waals surface area contributed by atoms with Gasteiger partial charge in [-0.15, -0.1) is 11.6 Å². The molecule has 16 heavy (non-hydrogen) atoms. The third-order valence-electron chi connectivity index (χ3n) is 2.25. The number of amides is 1. The van der Waals surface area contributed by atoms with Gasteiger partial charge >= 0.3 is 0 Å². The number of aryl methyl sites for hydroxylation is 1. The van der Waals surface area contributed by atoms with E-state index < -0.39 is 0 Å². The Morgan fingerprint density at radius 3 is 2.81 bits per heavy atom. The lowest BCUT2D eigenvalue weighted by molar-refractivity contribution is 0.0953. The molecule has 0 aliphatic rings. The molecule has 0 fully saturated rings. The van der Waals surface area contributed by atoms with Crippen LogP contribution in [0.25, 0.3) is 0 Å². The average molecular weight is 244 g/mol. The maximum atomic E-state index is 13.0. The number of halogens is 2. The lowest BCUT2D eigenvalue weighted by Gasteiger charge is -2.07. The van der Waals surface area contributed by atoms with Gasteiger partial charge in [0, 0.05) is 17.5 Å². The molecule has 0 aliphatic carbocycles. The molecule has 0 spiro atoms. The van der Waals surface area contributed by atoms with Gasteiger partial charge in [-0.1, -0.05) is 0 Å². The average Bonchev–Trinajstić information content (AvgIpc) is 2.21. The molecular formula is C12H15ClFNO. The summed E-state index contributed by atoms with van der Waals surface area (Å²) in [6.45, 7) is 4.03. The molecule has 1 aromatic carbocycles. The Kier molecular flexibility index (Phi) is 4.74. The number of carbonyl (C=O) groups excluding carboxylic acids is 1. The van der Waals surface area contributed by atoms with E-state index >= 15 is 0 Å². The van der Waals surface area contributed by atoms with Gasteiger partial charge in [0.25, 0.3) is 5.91 Å². The Bertz CT molecular complexity index is 379. The van der Waals surface area contributed by atoms with Crippen molar-refractivity contribution in [2.45, 2.75) is 25.6 Å². The molecular weight excluding hydrogens is 229 g/mol. The summed E-state index contributed by atoms with van der Waals surface area (Å²) >= 11 is 5.75. The summed E-state index contributed by atoms with van der Waals surface area (Å²) in [4.78, 5) is 11.6. The van der Waals surface area contributed by atoms with Gasteiger partial charge in [-0.3, -0.25) is 4.79 Å². The van der Waals surface area contributed by atoms with Gasteiger partial charge in [-0.25, -0.2) is 4.39 Å². The van der Waals surface area contributed by atoms with E-state index in [0.717, 1.165) is 0 Å². The zero-order chi connectivity index (χ0) is 12.1. The normalized spacial score (nSPS) is 12.2.